The summed E-state index contributed by atoms with van der Waals surface area (Å²) in [6, 6.07) is 28.5. The smallest absolute Gasteiger partial charge is 0.0290 e. The Morgan fingerprint density at radius 3 is 2.08 bits per heavy atom. The highest BCUT2D eigenvalue weighted by Crippen LogP contribution is 2.46. The Kier molecular flexibility index (Phi) is 4.34. The normalized spacial score (nSPS) is 15.3. The van der Waals surface area contributed by atoms with Crippen LogP contribution >= 0.6 is 0 Å². The molecule has 0 fully saturated rings. The highest BCUT2D eigenvalue weighted by Gasteiger charge is 2.27. The van der Waals surface area contributed by atoms with E-state index in [9.17, 15) is 0 Å². The van der Waals surface area contributed by atoms with Crippen molar-refractivity contribution in [2.24, 2.45) is 0 Å². The molecule has 3 aromatic carbocycles. The van der Waals surface area contributed by atoms with Gasteiger partial charge in [0.05, 0.1) is 0 Å². The molecule has 0 heterocycles. The maximum atomic E-state index is 2.45. The van der Waals surface area contributed by atoms with Crippen LogP contribution in [-0.2, 0) is 0 Å². The number of hydrogen-bond acceptors (Lipinski definition) is 0. The standard InChI is InChI=1S/C26H24/c1-18(2)26(21-15-13-19(3)14-16-21)25-17-24(20-9-5-4-6-10-20)22-11-7-8-12-23(22)25/h4-17,25H,1-3H3. The molecule has 1 atom stereocenters. The Balaban J connectivity index is 1.89. The summed E-state index contributed by atoms with van der Waals surface area (Å²) in [6.07, 6.45) is 2.45. The van der Waals surface area contributed by atoms with Gasteiger partial charge in [-0.2, -0.15) is 0 Å². The van der Waals surface area contributed by atoms with Gasteiger partial charge in [-0.1, -0.05) is 96.1 Å². The van der Waals surface area contributed by atoms with E-state index in [0.717, 1.165) is 0 Å². The minimum atomic E-state index is 0.300. The predicted molar refractivity (Wildman–Crippen MR) is 112 cm³/mol. The first-order chi connectivity index (χ1) is 12.6. The fourth-order valence-corrected chi connectivity index (χ4v) is 3.98. The van der Waals surface area contributed by atoms with Crippen molar-refractivity contribution in [3.05, 3.63) is 118 Å². The van der Waals surface area contributed by atoms with Crippen LogP contribution in [0.5, 0.6) is 0 Å². The molecule has 0 saturated heterocycles. The molecule has 0 N–H and O–H groups in total. The van der Waals surface area contributed by atoms with Crippen LogP contribution in [0.25, 0.3) is 11.1 Å². The van der Waals surface area contributed by atoms with E-state index in [0.29, 0.717) is 5.92 Å². The summed E-state index contributed by atoms with van der Waals surface area (Å²) in [5.41, 5.74) is 10.8. The van der Waals surface area contributed by atoms with Crippen molar-refractivity contribution in [1.29, 1.82) is 0 Å². The van der Waals surface area contributed by atoms with Crippen molar-refractivity contribution >= 4 is 11.1 Å². The lowest BCUT2D eigenvalue weighted by molar-refractivity contribution is 1.10. The zero-order valence-corrected chi connectivity index (χ0v) is 15.7. The van der Waals surface area contributed by atoms with Gasteiger partial charge in [0.25, 0.3) is 0 Å². The van der Waals surface area contributed by atoms with Gasteiger partial charge in [0.15, 0.2) is 0 Å². The van der Waals surface area contributed by atoms with Gasteiger partial charge in [-0.3, -0.25) is 0 Å². The Hall–Kier alpha value is -2.86. The average Bonchev–Trinajstić information content (AvgIpc) is 3.03. The van der Waals surface area contributed by atoms with Crippen molar-refractivity contribution in [3.8, 4) is 0 Å². The van der Waals surface area contributed by atoms with Crippen LogP contribution in [-0.4, -0.2) is 0 Å². The molecule has 26 heavy (non-hydrogen) atoms. The van der Waals surface area contributed by atoms with E-state index in [1.165, 1.54) is 44.5 Å². The summed E-state index contributed by atoms with van der Waals surface area (Å²) >= 11 is 0. The van der Waals surface area contributed by atoms with E-state index in [1.54, 1.807) is 0 Å². The summed E-state index contributed by atoms with van der Waals surface area (Å²) in [7, 11) is 0. The highest BCUT2D eigenvalue weighted by atomic mass is 14.3. The average molecular weight is 336 g/mol. The number of allylic oxidation sites excluding steroid dienone is 3. The van der Waals surface area contributed by atoms with Gasteiger partial charge < -0.3 is 0 Å². The zero-order chi connectivity index (χ0) is 18.1. The van der Waals surface area contributed by atoms with Gasteiger partial charge in [0.1, 0.15) is 0 Å². The van der Waals surface area contributed by atoms with Gasteiger partial charge in [0.2, 0.25) is 0 Å². The van der Waals surface area contributed by atoms with Crippen LogP contribution in [0, 0.1) is 6.92 Å². The van der Waals surface area contributed by atoms with E-state index in [2.05, 4.69) is 106 Å². The molecule has 0 radical (unpaired) electrons. The molecule has 0 aliphatic heterocycles. The predicted octanol–water partition coefficient (Wildman–Crippen LogP) is 7.02. The van der Waals surface area contributed by atoms with Gasteiger partial charge in [-0.25, -0.2) is 0 Å². The molecule has 3 aromatic rings. The highest BCUT2D eigenvalue weighted by molar-refractivity contribution is 5.91. The fourth-order valence-electron chi connectivity index (χ4n) is 3.98. The number of aryl methyl sites for hydroxylation is 1. The molecule has 1 aliphatic rings. The molecule has 0 heteroatoms. The molecule has 1 aliphatic carbocycles. The fraction of sp³-hybridized carbons (Fsp3) is 0.154. The molecule has 0 aromatic heterocycles. The summed E-state index contributed by atoms with van der Waals surface area (Å²) < 4.78 is 0. The molecule has 0 spiro atoms. The second kappa shape index (κ2) is 6.80. The lowest BCUT2D eigenvalue weighted by Gasteiger charge is -2.18. The van der Waals surface area contributed by atoms with Gasteiger partial charge in [-0.05, 0) is 54.2 Å². The first-order valence-corrected chi connectivity index (χ1v) is 9.26. The zero-order valence-electron chi connectivity index (χ0n) is 15.7. The lowest BCUT2D eigenvalue weighted by Crippen LogP contribution is -2.00. The third kappa shape index (κ3) is 2.93. The second-order valence-electron chi connectivity index (χ2n) is 7.29. The number of rotatable bonds is 3. The quantitative estimate of drug-likeness (QED) is 0.482. The molecular weight excluding hydrogens is 312 g/mol. The Morgan fingerprint density at radius 1 is 0.731 bits per heavy atom. The van der Waals surface area contributed by atoms with Crippen molar-refractivity contribution in [2.75, 3.05) is 0 Å². The molecule has 0 bridgehead atoms. The van der Waals surface area contributed by atoms with Crippen LogP contribution in [0.3, 0.4) is 0 Å². The molecule has 0 amide bonds. The summed E-state index contributed by atoms with van der Waals surface area (Å²) in [6.45, 7) is 6.60. The first kappa shape index (κ1) is 16.6. The summed E-state index contributed by atoms with van der Waals surface area (Å²) in [5, 5.41) is 0. The SMILES string of the molecule is CC(C)=C(c1ccc(C)cc1)C1C=C(c2ccccc2)c2ccccc21. The van der Waals surface area contributed by atoms with Gasteiger partial charge in [-0.15, -0.1) is 0 Å². The largest absolute Gasteiger partial charge is 0.0717 e. The van der Waals surface area contributed by atoms with Crippen LogP contribution in [0.1, 0.15) is 47.6 Å². The third-order valence-corrected chi connectivity index (χ3v) is 5.22. The molecule has 1 unspecified atom stereocenters. The number of fused-ring (bicyclic) bond motifs is 1. The summed E-state index contributed by atoms with van der Waals surface area (Å²) in [5.74, 6) is 0.300. The molecule has 4 rings (SSSR count). The second-order valence-corrected chi connectivity index (χ2v) is 7.29. The molecule has 128 valence electrons. The van der Waals surface area contributed by atoms with E-state index in [1.807, 2.05) is 0 Å². The van der Waals surface area contributed by atoms with E-state index < -0.39 is 0 Å². The molecule has 0 saturated carbocycles. The maximum Gasteiger partial charge on any atom is 0.0290 e. The lowest BCUT2D eigenvalue weighted by atomic mass is 9.85. The van der Waals surface area contributed by atoms with Crippen molar-refractivity contribution in [2.45, 2.75) is 26.7 Å². The van der Waals surface area contributed by atoms with Crippen LogP contribution in [0.2, 0.25) is 0 Å². The van der Waals surface area contributed by atoms with Crippen molar-refractivity contribution in [1.82, 2.24) is 0 Å². The third-order valence-electron chi connectivity index (χ3n) is 5.22. The van der Waals surface area contributed by atoms with E-state index in [-0.39, 0.29) is 0 Å². The molecular formula is C26H24. The van der Waals surface area contributed by atoms with E-state index in [4.69, 9.17) is 0 Å². The van der Waals surface area contributed by atoms with Crippen LogP contribution in [0.15, 0.2) is 90.5 Å². The van der Waals surface area contributed by atoms with E-state index >= 15 is 0 Å². The number of benzene rings is 3. The van der Waals surface area contributed by atoms with Crippen LogP contribution in [0.4, 0.5) is 0 Å². The molecule has 0 nitrogen and oxygen atoms in total. The summed E-state index contributed by atoms with van der Waals surface area (Å²) in [4.78, 5) is 0. The van der Waals surface area contributed by atoms with Crippen LogP contribution < -0.4 is 0 Å². The minimum Gasteiger partial charge on any atom is -0.0717 e. The van der Waals surface area contributed by atoms with Gasteiger partial charge >= 0.3 is 0 Å². The monoisotopic (exact) mass is 336 g/mol. The van der Waals surface area contributed by atoms with Crippen molar-refractivity contribution in [3.63, 3.8) is 0 Å². The van der Waals surface area contributed by atoms with Crippen molar-refractivity contribution < 1.29 is 0 Å². The minimum absolute atomic E-state index is 0.300. The Bertz CT molecular complexity index is 982. The number of hydrogen-bond donors (Lipinski definition) is 0. The maximum absolute atomic E-state index is 2.45. The Labute approximate surface area is 156 Å². The van der Waals surface area contributed by atoms with Gasteiger partial charge in [0, 0.05) is 5.92 Å². The topological polar surface area (TPSA) is 0 Å². The first-order valence-electron chi connectivity index (χ1n) is 9.26. The Morgan fingerprint density at radius 2 is 1.38 bits per heavy atom.